The Morgan fingerprint density at radius 1 is 1.18 bits per heavy atom. The fraction of sp³-hybridized carbons (Fsp3) is 0.500. The second-order valence-corrected chi connectivity index (χ2v) is 9.25. The number of aromatic nitrogens is 3. The average molecular weight is 537 g/mol. The van der Waals surface area contributed by atoms with E-state index in [1.807, 2.05) is 10.9 Å². The number of carboxylic acid groups (broad SMARTS) is 1. The van der Waals surface area contributed by atoms with Crippen molar-refractivity contribution in [1.29, 1.82) is 0 Å². The summed E-state index contributed by atoms with van der Waals surface area (Å²) < 4.78 is 39.3. The van der Waals surface area contributed by atoms with Crippen molar-refractivity contribution in [3.63, 3.8) is 0 Å². The van der Waals surface area contributed by atoms with Crippen LogP contribution in [0, 0.1) is 6.92 Å². The predicted octanol–water partition coefficient (Wildman–Crippen LogP) is 4.34. The lowest BCUT2D eigenvalue weighted by molar-refractivity contribution is -0.192. The number of halogens is 3. The van der Waals surface area contributed by atoms with Gasteiger partial charge in [0.1, 0.15) is 0 Å². The van der Waals surface area contributed by atoms with Crippen LogP contribution < -0.4 is 15.5 Å². The molecule has 0 aliphatic carbocycles. The monoisotopic (exact) mass is 536 g/mol. The Bertz CT molecular complexity index is 1210. The number of hydrogen-bond donors (Lipinski definition) is 3. The predicted molar refractivity (Wildman–Crippen MR) is 140 cm³/mol. The van der Waals surface area contributed by atoms with Crippen molar-refractivity contribution in [3.05, 3.63) is 47.3 Å². The van der Waals surface area contributed by atoms with Crippen molar-refractivity contribution in [2.24, 2.45) is 0 Å². The molecule has 0 bridgehead atoms. The highest BCUT2D eigenvalue weighted by molar-refractivity contribution is 5.91. The van der Waals surface area contributed by atoms with Gasteiger partial charge in [-0.25, -0.2) is 14.5 Å². The Morgan fingerprint density at radius 3 is 2.37 bits per heavy atom. The summed E-state index contributed by atoms with van der Waals surface area (Å²) in [6.45, 7) is 8.22. The average Bonchev–Trinajstić information content (AvgIpc) is 3.29. The molecule has 2 aromatic heterocycles. The topological polar surface area (TPSA) is 105 Å². The number of aliphatic carboxylic acids is 1. The minimum absolute atomic E-state index is 0.418. The molecule has 3 aromatic rings. The second-order valence-electron chi connectivity index (χ2n) is 9.25. The number of carbonyl (C=O) groups is 1. The maximum Gasteiger partial charge on any atom is 0.490 e. The van der Waals surface area contributed by atoms with E-state index in [1.165, 1.54) is 22.5 Å². The van der Waals surface area contributed by atoms with Gasteiger partial charge in [-0.15, -0.1) is 0 Å². The molecule has 1 saturated heterocycles. The van der Waals surface area contributed by atoms with E-state index in [0.717, 1.165) is 62.4 Å². The molecule has 4 rings (SSSR count). The molecular weight excluding hydrogens is 501 g/mol. The zero-order valence-electron chi connectivity index (χ0n) is 22.1. The van der Waals surface area contributed by atoms with E-state index >= 15 is 0 Å². The summed E-state index contributed by atoms with van der Waals surface area (Å²) in [5, 5.41) is 20.2. The summed E-state index contributed by atoms with van der Waals surface area (Å²) >= 11 is 0. The smallest absolute Gasteiger partial charge is 0.475 e. The van der Waals surface area contributed by atoms with Crippen LogP contribution in [0.3, 0.4) is 0 Å². The van der Waals surface area contributed by atoms with Gasteiger partial charge in [0.05, 0.1) is 17.3 Å². The van der Waals surface area contributed by atoms with E-state index in [-0.39, 0.29) is 0 Å². The number of nitrogens with one attached hydrogen (secondary N) is 2. The molecule has 0 saturated carbocycles. The summed E-state index contributed by atoms with van der Waals surface area (Å²) in [5.74, 6) is -2.76. The highest BCUT2D eigenvalue weighted by Gasteiger charge is 2.38. The second kappa shape index (κ2) is 12.9. The van der Waals surface area contributed by atoms with E-state index in [9.17, 15) is 13.2 Å². The molecule has 0 radical (unpaired) electrons. The molecule has 0 atom stereocenters. The van der Waals surface area contributed by atoms with Crippen LogP contribution in [0.4, 0.5) is 24.5 Å². The van der Waals surface area contributed by atoms with E-state index in [0.29, 0.717) is 6.04 Å². The van der Waals surface area contributed by atoms with Crippen LogP contribution in [-0.4, -0.2) is 65.4 Å². The normalized spacial score (nSPS) is 14.2. The fourth-order valence-electron chi connectivity index (χ4n) is 4.15. The molecular formula is C26H35F3N6O3. The number of alkyl halides is 3. The first-order valence-corrected chi connectivity index (χ1v) is 12.5. The van der Waals surface area contributed by atoms with Crippen molar-refractivity contribution in [1.82, 2.24) is 20.1 Å². The summed E-state index contributed by atoms with van der Waals surface area (Å²) in [6.07, 6.45) is -1.08. The molecule has 1 fully saturated rings. The van der Waals surface area contributed by atoms with Crippen molar-refractivity contribution in [3.8, 4) is 0 Å². The van der Waals surface area contributed by atoms with E-state index < -0.39 is 12.1 Å². The quantitative estimate of drug-likeness (QED) is 0.391. The first-order chi connectivity index (χ1) is 18.0. The highest BCUT2D eigenvalue weighted by atomic mass is 19.4. The van der Waals surface area contributed by atoms with Crippen molar-refractivity contribution >= 4 is 28.4 Å². The zero-order chi connectivity index (χ0) is 27.9. The van der Waals surface area contributed by atoms with Gasteiger partial charge in [0.25, 0.3) is 0 Å². The van der Waals surface area contributed by atoms with Crippen LogP contribution in [-0.2, 0) is 29.2 Å². The Kier molecular flexibility index (Phi) is 9.92. The lowest BCUT2D eigenvalue weighted by Crippen LogP contribution is -2.29. The number of hydrogen-bond acceptors (Lipinski definition) is 7. The van der Waals surface area contributed by atoms with Gasteiger partial charge in [-0.05, 0) is 44.4 Å². The van der Waals surface area contributed by atoms with Crippen molar-refractivity contribution in [2.75, 3.05) is 37.5 Å². The highest BCUT2D eigenvalue weighted by Crippen LogP contribution is 2.30. The van der Waals surface area contributed by atoms with Crippen LogP contribution in [0.2, 0.25) is 0 Å². The molecule has 0 unspecified atom stereocenters. The van der Waals surface area contributed by atoms with Crippen LogP contribution in [0.1, 0.15) is 36.6 Å². The van der Waals surface area contributed by atoms with E-state index in [4.69, 9.17) is 19.6 Å². The van der Waals surface area contributed by atoms with Gasteiger partial charge in [0.15, 0.2) is 5.65 Å². The first kappa shape index (κ1) is 29.2. The minimum atomic E-state index is -5.08. The third-order valence-corrected chi connectivity index (χ3v) is 6.29. The summed E-state index contributed by atoms with van der Waals surface area (Å²) in [6, 6.07) is 9.10. The summed E-state index contributed by atoms with van der Waals surface area (Å²) in [5.41, 5.74) is 6.88. The summed E-state index contributed by atoms with van der Waals surface area (Å²) in [4.78, 5) is 15.9. The molecule has 12 heteroatoms. The largest absolute Gasteiger partial charge is 0.490 e. The number of nitrogens with zero attached hydrogens (tertiary/aromatic N) is 4. The molecule has 0 spiro atoms. The molecule has 1 aliphatic heterocycles. The summed E-state index contributed by atoms with van der Waals surface area (Å²) in [7, 11) is 4.12. The van der Waals surface area contributed by atoms with Gasteiger partial charge in [0, 0.05) is 69.9 Å². The number of carboxylic acids is 1. The Hall–Kier alpha value is -3.38. The standard InChI is InChI=1S/C24H34N6O.C2HF3O2/c1-5-30-24-22(16-26-30)23(28-19-10-12-31-13-11-19)21(17(2)27-24)15-25-14-18-6-8-20(9-7-18)29(3)4;3-2(4,5)1(6)7/h6-9,16,19,25H,5,10-15H2,1-4H3,(H,27,28);(H,6,7). The number of pyridine rings is 1. The van der Waals surface area contributed by atoms with Crippen LogP contribution in [0.15, 0.2) is 30.5 Å². The van der Waals surface area contributed by atoms with Gasteiger partial charge in [-0.3, -0.25) is 0 Å². The molecule has 0 amide bonds. The van der Waals surface area contributed by atoms with Crippen molar-refractivity contribution in [2.45, 2.75) is 58.5 Å². The molecule has 9 nitrogen and oxygen atoms in total. The van der Waals surface area contributed by atoms with Gasteiger partial charge in [0.2, 0.25) is 0 Å². The number of benzene rings is 1. The number of ether oxygens (including phenoxy) is 1. The first-order valence-electron chi connectivity index (χ1n) is 12.5. The van der Waals surface area contributed by atoms with Crippen LogP contribution >= 0.6 is 0 Å². The lowest BCUT2D eigenvalue weighted by Gasteiger charge is -2.26. The van der Waals surface area contributed by atoms with E-state index in [2.05, 4.69) is 72.8 Å². The Balaban J connectivity index is 0.000000505. The number of fused-ring (bicyclic) bond motifs is 1. The lowest BCUT2D eigenvalue weighted by atomic mass is 10.0. The van der Waals surface area contributed by atoms with E-state index in [1.54, 1.807) is 0 Å². The molecule has 1 aliphatic rings. The third-order valence-electron chi connectivity index (χ3n) is 6.29. The van der Waals surface area contributed by atoms with Crippen molar-refractivity contribution < 1.29 is 27.8 Å². The molecule has 3 N–H and O–H groups in total. The number of aryl methyl sites for hydroxylation is 2. The molecule has 1 aromatic carbocycles. The maximum absolute atomic E-state index is 10.6. The SMILES string of the molecule is CCn1ncc2c(NC3CCOCC3)c(CNCc3ccc(N(C)C)cc3)c(C)nc21.O=C(O)C(F)(F)F. The van der Waals surface area contributed by atoms with Crippen LogP contribution in [0.25, 0.3) is 11.0 Å². The molecule has 38 heavy (non-hydrogen) atoms. The van der Waals surface area contributed by atoms with Gasteiger partial charge in [-0.1, -0.05) is 12.1 Å². The molecule has 208 valence electrons. The fourth-order valence-corrected chi connectivity index (χ4v) is 4.15. The Morgan fingerprint density at radius 2 is 1.82 bits per heavy atom. The van der Waals surface area contributed by atoms with Gasteiger partial charge < -0.3 is 25.4 Å². The van der Waals surface area contributed by atoms with Gasteiger partial charge in [-0.2, -0.15) is 18.3 Å². The molecule has 3 heterocycles. The van der Waals surface area contributed by atoms with Gasteiger partial charge >= 0.3 is 12.1 Å². The number of rotatable bonds is 8. The Labute approximate surface area is 220 Å². The zero-order valence-corrected chi connectivity index (χ0v) is 22.1. The maximum atomic E-state index is 10.6. The van der Waals surface area contributed by atoms with Crippen LogP contribution in [0.5, 0.6) is 0 Å². The minimum Gasteiger partial charge on any atom is -0.475 e. The third kappa shape index (κ3) is 7.57. The number of anilines is 2.